The van der Waals surface area contributed by atoms with Gasteiger partial charge in [-0.25, -0.2) is 9.78 Å². The maximum absolute atomic E-state index is 11.7. The first-order chi connectivity index (χ1) is 11.1. The number of H-pyrrole nitrogens is 1. The third-order valence-corrected chi connectivity index (χ3v) is 4.61. The summed E-state index contributed by atoms with van der Waals surface area (Å²) in [4.78, 5) is 21.1. The summed E-state index contributed by atoms with van der Waals surface area (Å²) in [6.07, 6.45) is 1.45. The molecule has 2 heterocycles. The molecular weight excluding hydrogens is 339 g/mol. The van der Waals surface area contributed by atoms with Crippen LogP contribution in [0.25, 0.3) is 11.0 Å². The highest BCUT2D eigenvalue weighted by atomic mass is 35.5. The number of amides is 1. The van der Waals surface area contributed by atoms with Gasteiger partial charge >= 0.3 is 6.09 Å². The monoisotopic (exact) mass is 356 g/mol. The second-order valence-corrected chi connectivity index (χ2v) is 6.29. The molecule has 0 atom stereocenters. The second kappa shape index (κ2) is 6.84. The Bertz CT molecular complexity index is 672. The Morgan fingerprint density at radius 3 is 2.78 bits per heavy atom. The van der Waals surface area contributed by atoms with Crippen LogP contribution in [0.1, 0.15) is 19.8 Å². The standard InChI is InChI=1S/C15H18Cl2N4O2/c1-2-23-15(22)21-5-3-9(4-6-21)18-14-19-12-7-10(16)11(17)8-13(12)20-14/h7-9H,2-6H2,1H3,(H2,18,19,20). The SMILES string of the molecule is CCOC(=O)N1CCC(Nc2nc3cc(Cl)c(Cl)cc3[nH]2)CC1. The summed E-state index contributed by atoms with van der Waals surface area (Å²) in [5.74, 6) is 0.688. The lowest BCUT2D eigenvalue weighted by molar-refractivity contribution is 0.0983. The molecule has 6 nitrogen and oxygen atoms in total. The lowest BCUT2D eigenvalue weighted by atomic mass is 10.1. The number of halogens is 2. The maximum atomic E-state index is 11.7. The topological polar surface area (TPSA) is 70.2 Å². The number of anilines is 1. The second-order valence-electron chi connectivity index (χ2n) is 5.47. The van der Waals surface area contributed by atoms with E-state index in [9.17, 15) is 4.79 Å². The number of likely N-dealkylation sites (tertiary alicyclic amines) is 1. The fraction of sp³-hybridized carbons (Fsp3) is 0.467. The summed E-state index contributed by atoms with van der Waals surface area (Å²) in [6, 6.07) is 3.76. The predicted octanol–water partition coefficient (Wildman–Crippen LogP) is 3.90. The van der Waals surface area contributed by atoms with Crippen molar-refractivity contribution >= 4 is 46.3 Å². The zero-order valence-corrected chi connectivity index (χ0v) is 14.2. The number of aromatic nitrogens is 2. The Morgan fingerprint density at radius 1 is 1.39 bits per heavy atom. The van der Waals surface area contributed by atoms with E-state index in [1.165, 1.54) is 0 Å². The van der Waals surface area contributed by atoms with Gasteiger partial charge in [-0.05, 0) is 31.9 Å². The summed E-state index contributed by atoms with van der Waals surface area (Å²) in [7, 11) is 0. The molecule has 0 bridgehead atoms. The van der Waals surface area contributed by atoms with Gasteiger partial charge in [0, 0.05) is 19.1 Å². The van der Waals surface area contributed by atoms with Crippen LogP contribution in [0.4, 0.5) is 10.7 Å². The minimum absolute atomic E-state index is 0.237. The normalized spacial score (nSPS) is 15.9. The summed E-state index contributed by atoms with van der Waals surface area (Å²) in [5, 5.41) is 4.35. The van der Waals surface area contributed by atoms with Crippen molar-refractivity contribution in [3.8, 4) is 0 Å². The molecule has 3 rings (SSSR count). The number of fused-ring (bicyclic) bond motifs is 1. The molecule has 1 aliphatic rings. The average molecular weight is 357 g/mol. The molecule has 2 aromatic rings. The molecule has 0 aliphatic carbocycles. The van der Waals surface area contributed by atoms with Gasteiger partial charge in [-0.15, -0.1) is 0 Å². The van der Waals surface area contributed by atoms with Crippen LogP contribution in [0.5, 0.6) is 0 Å². The Morgan fingerprint density at radius 2 is 2.09 bits per heavy atom. The number of hydrogen-bond acceptors (Lipinski definition) is 4. The van der Waals surface area contributed by atoms with E-state index in [4.69, 9.17) is 27.9 Å². The van der Waals surface area contributed by atoms with Crippen LogP contribution in [0.2, 0.25) is 10.0 Å². The zero-order chi connectivity index (χ0) is 16.4. The number of ether oxygens (including phenoxy) is 1. The summed E-state index contributed by atoms with van der Waals surface area (Å²) < 4.78 is 5.02. The number of benzene rings is 1. The van der Waals surface area contributed by atoms with E-state index in [1.54, 1.807) is 17.0 Å². The van der Waals surface area contributed by atoms with Crippen molar-refractivity contribution in [2.75, 3.05) is 25.0 Å². The number of nitrogens with zero attached hydrogens (tertiary/aromatic N) is 2. The largest absolute Gasteiger partial charge is 0.450 e. The van der Waals surface area contributed by atoms with E-state index < -0.39 is 0 Å². The molecule has 2 N–H and O–H groups in total. The van der Waals surface area contributed by atoms with E-state index in [2.05, 4.69) is 15.3 Å². The number of carbonyl (C=O) groups excluding carboxylic acids is 1. The predicted molar refractivity (Wildman–Crippen MR) is 91.4 cm³/mol. The van der Waals surface area contributed by atoms with Crippen LogP contribution in [0.3, 0.4) is 0 Å². The van der Waals surface area contributed by atoms with Gasteiger partial charge in [-0.3, -0.25) is 0 Å². The van der Waals surface area contributed by atoms with Gasteiger partial charge in [-0.1, -0.05) is 23.2 Å². The molecule has 1 aromatic heterocycles. The Hall–Kier alpha value is -1.66. The molecule has 0 saturated carbocycles. The highest BCUT2D eigenvalue weighted by Crippen LogP contribution is 2.28. The fourth-order valence-electron chi connectivity index (χ4n) is 2.69. The van der Waals surface area contributed by atoms with E-state index >= 15 is 0 Å². The lowest BCUT2D eigenvalue weighted by Crippen LogP contribution is -2.42. The van der Waals surface area contributed by atoms with Gasteiger partial charge in [0.1, 0.15) is 0 Å². The Labute approximate surface area is 144 Å². The van der Waals surface area contributed by atoms with Gasteiger partial charge in [-0.2, -0.15) is 0 Å². The van der Waals surface area contributed by atoms with E-state index in [1.807, 2.05) is 6.92 Å². The summed E-state index contributed by atoms with van der Waals surface area (Å²) >= 11 is 12.0. The molecule has 23 heavy (non-hydrogen) atoms. The molecule has 1 fully saturated rings. The maximum Gasteiger partial charge on any atom is 0.409 e. The van der Waals surface area contributed by atoms with Gasteiger partial charge in [0.15, 0.2) is 0 Å². The van der Waals surface area contributed by atoms with Crippen molar-refractivity contribution < 1.29 is 9.53 Å². The third-order valence-electron chi connectivity index (χ3n) is 3.89. The summed E-state index contributed by atoms with van der Waals surface area (Å²) in [6.45, 7) is 3.57. The average Bonchev–Trinajstić information content (AvgIpc) is 2.90. The quantitative estimate of drug-likeness (QED) is 0.874. The van der Waals surface area contributed by atoms with E-state index in [0.29, 0.717) is 35.7 Å². The van der Waals surface area contributed by atoms with Crippen LogP contribution < -0.4 is 5.32 Å². The molecule has 0 unspecified atom stereocenters. The van der Waals surface area contributed by atoms with Crippen LogP contribution in [0, 0.1) is 0 Å². The van der Waals surface area contributed by atoms with Crippen molar-refractivity contribution in [2.24, 2.45) is 0 Å². The van der Waals surface area contributed by atoms with Crippen molar-refractivity contribution in [2.45, 2.75) is 25.8 Å². The van der Waals surface area contributed by atoms with Crippen LogP contribution in [-0.2, 0) is 4.74 Å². The first-order valence-corrected chi connectivity index (χ1v) is 8.35. The molecule has 1 aliphatic heterocycles. The molecule has 124 valence electrons. The molecule has 0 radical (unpaired) electrons. The number of piperidine rings is 1. The number of hydrogen-bond donors (Lipinski definition) is 2. The number of imidazole rings is 1. The highest BCUT2D eigenvalue weighted by molar-refractivity contribution is 6.42. The van der Waals surface area contributed by atoms with Crippen molar-refractivity contribution in [1.82, 2.24) is 14.9 Å². The van der Waals surface area contributed by atoms with Crippen LogP contribution >= 0.6 is 23.2 Å². The minimum Gasteiger partial charge on any atom is -0.450 e. The molecule has 0 spiro atoms. The lowest BCUT2D eigenvalue weighted by Gasteiger charge is -2.31. The van der Waals surface area contributed by atoms with Gasteiger partial charge in [0.25, 0.3) is 0 Å². The molecule has 1 amide bonds. The number of carbonyl (C=O) groups is 1. The zero-order valence-electron chi connectivity index (χ0n) is 12.7. The molecule has 8 heteroatoms. The number of rotatable bonds is 3. The van der Waals surface area contributed by atoms with Crippen LogP contribution in [0.15, 0.2) is 12.1 Å². The molecule has 1 aromatic carbocycles. The van der Waals surface area contributed by atoms with E-state index in [0.717, 1.165) is 23.9 Å². The van der Waals surface area contributed by atoms with Crippen molar-refractivity contribution in [1.29, 1.82) is 0 Å². The Kier molecular flexibility index (Phi) is 4.82. The molecule has 1 saturated heterocycles. The first kappa shape index (κ1) is 16.2. The third kappa shape index (κ3) is 3.64. The fourth-order valence-corrected chi connectivity index (χ4v) is 3.01. The van der Waals surface area contributed by atoms with E-state index in [-0.39, 0.29) is 12.1 Å². The number of aromatic amines is 1. The Balaban J connectivity index is 1.61. The van der Waals surface area contributed by atoms with Crippen molar-refractivity contribution in [3.63, 3.8) is 0 Å². The molecular formula is C15H18Cl2N4O2. The minimum atomic E-state index is -0.237. The number of nitrogens with one attached hydrogen (secondary N) is 2. The van der Waals surface area contributed by atoms with Crippen molar-refractivity contribution in [3.05, 3.63) is 22.2 Å². The smallest absolute Gasteiger partial charge is 0.409 e. The first-order valence-electron chi connectivity index (χ1n) is 7.60. The van der Waals surface area contributed by atoms with Gasteiger partial charge < -0.3 is 19.9 Å². The van der Waals surface area contributed by atoms with Crippen LogP contribution in [-0.4, -0.2) is 46.7 Å². The summed E-state index contributed by atoms with van der Waals surface area (Å²) in [5.41, 5.74) is 1.61. The highest BCUT2D eigenvalue weighted by Gasteiger charge is 2.24. The van der Waals surface area contributed by atoms with Gasteiger partial charge in [0.2, 0.25) is 5.95 Å². The van der Waals surface area contributed by atoms with Gasteiger partial charge in [0.05, 0.1) is 27.7 Å².